The summed E-state index contributed by atoms with van der Waals surface area (Å²) >= 11 is 0. The molecule has 2 bridgehead atoms. The highest BCUT2D eigenvalue weighted by Crippen LogP contribution is 2.44. The summed E-state index contributed by atoms with van der Waals surface area (Å²) in [7, 11) is 1.66. The van der Waals surface area contributed by atoms with Crippen molar-refractivity contribution < 1.29 is 33.6 Å². The van der Waals surface area contributed by atoms with E-state index in [0.717, 1.165) is 19.3 Å². The van der Waals surface area contributed by atoms with Gasteiger partial charge in [0.1, 0.15) is 12.2 Å². The molecule has 170 valence electrons. The zero-order valence-corrected chi connectivity index (χ0v) is 18.8. The summed E-state index contributed by atoms with van der Waals surface area (Å²) in [5, 5.41) is 11.1. The van der Waals surface area contributed by atoms with Crippen LogP contribution in [0, 0.1) is 11.8 Å². The van der Waals surface area contributed by atoms with Gasteiger partial charge in [0.05, 0.1) is 23.4 Å². The second-order valence-corrected chi connectivity index (χ2v) is 9.71. The number of carbonyl (C=O) groups excluding carboxylic acids is 2. The van der Waals surface area contributed by atoms with Crippen molar-refractivity contribution >= 4 is 11.9 Å². The van der Waals surface area contributed by atoms with Crippen LogP contribution in [0.5, 0.6) is 0 Å². The van der Waals surface area contributed by atoms with Crippen molar-refractivity contribution in [2.24, 2.45) is 11.8 Å². The Morgan fingerprint density at radius 1 is 1.23 bits per heavy atom. The predicted molar refractivity (Wildman–Crippen MR) is 110 cm³/mol. The number of hydrogen-bond donors (Lipinski definition) is 1. The van der Waals surface area contributed by atoms with Gasteiger partial charge in [-0.1, -0.05) is 19.9 Å². The van der Waals surface area contributed by atoms with Gasteiger partial charge in [0.2, 0.25) is 0 Å². The topological polar surface area (TPSA) is 91.3 Å². The van der Waals surface area contributed by atoms with E-state index in [-0.39, 0.29) is 24.0 Å². The van der Waals surface area contributed by atoms with E-state index >= 15 is 0 Å². The number of methoxy groups -OCH3 is 1. The SMILES string of the molecule is C=C1C(=O)O[C@H]2[C@H](OC(C)=O)[C@@H](C)CCC[C@](C)(O)[C@H]3CC[C@](C)(OC)[C@@H](C[C@@H]12)O3. The van der Waals surface area contributed by atoms with Crippen LogP contribution in [0.3, 0.4) is 0 Å². The third-order valence-electron chi connectivity index (χ3n) is 7.42. The Bertz CT molecular complexity index is 687. The standard InChI is InChI=1S/C23H36O7/c1-13-8-7-10-22(4,26)17-9-11-23(5,27-6)18(29-17)12-16-14(2)21(25)30-20(16)19(13)28-15(3)24/h13,16-20,26H,2,7-12H2,1,3-6H3/t13-,16-,17+,18+,19+,20+,22-,23-/m0/s1. The smallest absolute Gasteiger partial charge is 0.334 e. The molecule has 1 N–H and O–H groups in total. The molecule has 0 saturated carbocycles. The molecule has 30 heavy (non-hydrogen) atoms. The van der Waals surface area contributed by atoms with Crippen molar-refractivity contribution in [3.63, 3.8) is 0 Å². The van der Waals surface area contributed by atoms with E-state index in [1.165, 1.54) is 6.92 Å². The summed E-state index contributed by atoms with van der Waals surface area (Å²) in [6.07, 6.45) is 2.07. The first kappa shape index (κ1) is 23.2. The highest BCUT2D eigenvalue weighted by molar-refractivity contribution is 5.91. The fraction of sp³-hybridized carbons (Fsp3) is 0.826. The molecule has 0 radical (unpaired) electrons. The van der Waals surface area contributed by atoms with E-state index in [4.69, 9.17) is 18.9 Å². The number of fused-ring (bicyclic) bond motifs is 3. The van der Waals surface area contributed by atoms with Gasteiger partial charge in [-0.05, 0) is 51.9 Å². The Hall–Kier alpha value is -1.44. The second kappa shape index (κ2) is 8.60. The van der Waals surface area contributed by atoms with E-state index in [9.17, 15) is 14.7 Å². The van der Waals surface area contributed by atoms with E-state index in [1.807, 2.05) is 20.8 Å². The van der Waals surface area contributed by atoms with Crippen LogP contribution in [0.25, 0.3) is 0 Å². The fourth-order valence-corrected chi connectivity index (χ4v) is 5.22. The summed E-state index contributed by atoms with van der Waals surface area (Å²) in [5.74, 6) is -1.26. The van der Waals surface area contributed by atoms with Crippen LogP contribution < -0.4 is 0 Å². The van der Waals surface area contributed by atoms with Gasteiger partial charge in [0.25, 0.3) is 0 Å². The number of ether oxygens (including phenoxy) is 4. The molecule has 3 rings (SSSR count). The summed E-state index contributed by atoms with van der Waals surface area (Å²) in [6.45, 7) is 11.2. The van der Waals surface area contributed by atoms with Crippen molar-refractivity contribution in [3.05, 3.63) is 12.2 Å². The summed E-state index contributed by atoms with van der Waals surface area (Å²) < 4.78 is 23.6. The highest BCUT2D eigenvalue weighted by atomic mass is 16.6. The van der Waals surface area contributed by atoms with E-state index < -0.39 is 35.3 Å². The first-order valence-electron chi connectivity index (χ1n) is 11.0. The molecule has 7 heteroatoms. The molecule has 0 amide bonds. The molecule has 0 aromatic carbocycles. The average molecular weight is 425 g/mol. The van der Waals surface area contributed by atoms with Gasteiger partial charge in [-0.2, -0.15) is 0 Å². The molecule has 3 saturated heterocycles. The van der Waals surface area contributed by atoms with Crippen molar-refractivity contribution in [1.29, 1.82) is 0 Å². The van der Waals surface area contributed by atoms with E-state index in [2.05, 4.69) is 6.58 Å². The van der Waals surface area contributed by atoms with Gasteiger partial charge >= 0.3 is 11.9 Å². The number of carbonyl (C=O) groups is 2. The van der Waals surface area contributed by atoms with Crippen LogP contribution in [0.1, 0.15) is 66.2 Å². The molecular formula is C23H36O7. The Morgan fingerprint density at radius 2 is 1.93 bits per heavy atom. The highest BCUT2D eigenvalue weighted by Gasteiger charge is 2.52. The molecule has 3 aliphatic heterocycles. The Kier molecular flexibility index (Phi) is 6.65. The van der Waals surface area contributed by atoms with Crippen LogP contribution in [0.4, 0.5) is 0 Å². The summed E-state index contributed by atoms with van der Waals surface area (Å²) in [5.41, 5.74) is -1.16. The summed E-state index contributed by atoms with van der Waals surface area (Å²) in [6, 6.07) is 0. The molecule has 0 unspecified atom stereocenters. The van der Waals surface area contributed by atoms with Crippen molar-refractivity contribution in [2.45, 2.75) is 102 Å². The van der Waals surface area contributed by atoms with Gasteiger partial charge in [0.15, 0.2) is 0 Å². The second-order valence-electron chi connectivity index (χ2n) is 9.71. The lowest BCUT2D eigenvalue weighted by molar-refractivity contribution is -0.229. The molecule has 3 aliphatic rings. The van der Waals surface area contributed by atoms with Gasteiger partial charge in [0, 0.05) is 25.5 Å². The van der Waals surface area contributed by atoms with Gasteiger partial charge in [-0.3, -0.25) is 4.79 Å². The molecule has 8 atom stereocenters. The Morgan fingerprint density at radius 3 is 2.57 bits per heavy atom. The first-order chi connectivity index (χ1) is 14.0. The van der Waals surface area contributed by atoms with Crippen LogP contribution in [0.2, 0.25) is 0 Å². The zero-order chi connectivity index (χ0) is 22.3. The van der Waals surface area contributed by atoms with Gasteiger partial charge in [-0.15, -0.1) is 0 Å². The number of hydrogen-bond acceptors (Lipinski definition) is 7. The van der Waals surface area contributed by atoms with E-state index in [1.54, 1.807) is 7.11 Å². The monoisotopic (exact) mass is 424 g/mol. The maximum absolute atomic E-state index is 12.4. The van der Waals surface area contributed by atoms with Crippen LogP contribution in [-0.4, -0.2) is 59.8 Å². The molecule has 7 nitrogen and oxygen atoms in total. The maximum atomic E-state index is 12.4. The van der Waals surface area contributed by atoms with Crippen LogP contribution in [0.15, 0.2) is 12.2 Å². The molecule has 0 aliphatic carbocycles. The lowest BCUT2D eigenvalue weighted by Crippen LogP contribution is -2.56. The van der Waals surface area contributed by atoms with Crippen molar-refractivity contribution in [3.8, 4) is 0 Å². The minimum Gasteiger partial charge on any atom is -0.458 e. The largest absolute Gasteiger partial charge is 0.458 e. The number of aliphatic hydroxyl groups is 1. The third kappa shape index (κ3) is 4.43. The molecule has 0 aromatic heterocycles. The van der Waals surface area contributed by atoms with E-state index in [0.29, 0.717) is 24.8 Å². The lowest BCUT2D eigenvalue weighted by Gasteiger charge is -2.48. The third-order valence-corrected chi connectivity index (χ3v) is 7.42. The van der Waals surface area contributed by atoms with Crippen molar-refractivity contribution in [1.82, 2.24) is 0 Å². The summed E-state index contributed by atoms with van der Waals surface area (Å²) in [4.78, 5) is 24.3. The lowest BCUT2D eigenvalue weighted by atomic mass is 9.75. The number of rotatable bonds is 2. The van der Waals surface area contributed by atoms with Gasteiger partial charge in [-0.25, -0.2) is 4.79 Å². The number of esters is 2. The molecule has 3 fully saturated rings. The molecule has 3 heterocycles. The maximum Gasteiger partial charge on any atom is 0.334 e. The minimum absolute atomic E-state index is 0.0371. The van der Waals surface area contributed by atoms with Gasteiger partial charge < -0.3 is 24.1 Å². The Balaban J connectivity index is 2.00. The van der Waals surface area contributed by atoms with Crippen LogP contribution in [-0.2, 0) is 28.5 Å². The first-order valence-corrected chi connectivity index (χ1v) is 11.0. The van der Waals surface area contributed by atoms with Crippen molar-refractivity contribution in [2.75, 3.05) is 7.11 Å². The normalized spacial score (nSPS) is 45.0. The Labute approximate surface area is 179 Å². The molecular weight excluding hydrogens is 388 g/mol. The quantitative estimate of drug-likeness (QED) is 0.538. The molecule has 0 spiro atoms. The average Bonchev–Trinajstić information content (AvgIpc) is 2.94. The predicted octanol–water partition coefficient (Wildman–Crippen LogP) is 2.93. The fourth-order valence-electron chi connectivity index (χ4n) is 5.22. The van der Waals surface area contributed by atoms with Crippen LogP contribution >= 0.6 is 0 Å². The minimum atomic E-state index is -0.971. The molecule has 0 aromatic rings. The zero-order valence-electron chi connectivity index (χ0n) is 18.8.